The van der Waals surface area contributed by atoms with Crippen LogP contribution in [0.2, 0.25) is 0 Å². The molecule has 2 nitrogen and oxygen atoms in total. The summed E-state index contributed by atoms with van der Waals surface area (Å²) in [4.78, 5) is 0. The van der Waals surface area contributed by atoms with Gasteiger partial charge in [-0.15, -0.1) is 0 Å². The smallest absolute Gasteiger partial charge is 0.121 e. The molecule has 0 unspecified atom stereocenters. The molecule has 0 radical (unpaired) electrons. The van der Waals surface area contributed by atoms with Gasteiger partial charge in [-0.1, -0.05) is 0 Å². The van der Waals surface area contributed by atoms with Crippen molar-refractivity contribution in [3.63, 3.8) is 0 Å². The summed E-state index contributed by atoms with van der Waals surface area (Å²) < 4.78 is 6.39. The van der Waals surface area contributed by atoms with Crippen LogP contribution in [-0.4, -0.2) is 6.54 Å². The molecule has 0 atom stereocenters. The first-order valence-corrected chi connectivity index (χ1v) is 4.12. The van der Waals surface area contributed by atoms with Gasteiger partial charge in [0.05, 0.1) is 11.0 Å². The molecule has 0 aromatic carbocycles. The van der Waals surface area contributed by atoms with E-state index in [1.165, 1.54) is 5.56 Å². The number of hydrogen-bond donors (Lipinski definition) is 1. The molecule has 0 spiro atoms. The monoisotopic (exact) mass is 201 g/mol. The van der Waals surface area contributed by atoms with E-state index >= 15 is 0 Å². The molecule has 10 heavy (non-hydrogen) atoms. The van der Waals surface area contributed by atoms with Gasteiger partial charge < -0.3 is 9.73 Å². The maximum absolute atomic E-state index is 5.28. The lowest BCUT2D eigenvalue weighted by molar-refractivity contribution is 0.463. The summed E-state index contributed by atoms with van der Waals surface area (Å²) >= 11 is 3.43. The van der Waals surface area contributed by atoms with Crippen molar-refractivity contribution in [2.24, 2.45) is 0 Å². The number of fused-ring (bicyclic) bond motifs is 1. The second kappa shape index (κ2) is 2.40. The predicted octanol–water partition coefficient (Wildman–Crippen LogP) is 1.69. The van der Waals surface area contributed by atoms with Crippen LogP contribution >= 0.6 is 15.9 Å². The predicted molar refractivity (Wildman–Crippen MR) is 41.8 cm³/mol. The van der Waals surface area contributed by atoms with Crippen LogP contribution in [0.4, 0.5) is 0 Å². The average molecular weight is 202 g/mol. The van der Waals surface area contributed by atoms with Crippen molar-refractivity contribution in [3.05, 3.63) is 22.1 Å². The molecule has 1 aliphatic rings. The highest BCUT2D eigenvalue weighted by molar-refractivity contribution is 9.10. The van der Waals surface area contributed by atoms with Crippen LogP contribution in [0.1, 0.15) is 11.3 Å². The third-order valence-electron chi connectivity index (χ3n) is 1.77. The van der Waals surface area contributed by atoms with E-state index in [0.717, 1.165) is 29.7 Å². The molecule has 54 valence electrons. The van der Waals surface area contributed by atoms with E-state index in [2.05, 4.69) is 21.2 Å². The van der Waals surface area contributed by atoms with Crippen LogP contribution < -0.4 is 5.32 Å². The Morgan fingerprint density at radius 1 is 1.60 bits per heavy atom. The summed E-state index contributed by atoms with van der Waals surface area (Å²) in [6, 6.07) is 0. The van der Waals surface area contributed by atoms with Gasteiger partial charge in [0.1, 0.15) is 12.0 Å². The molecule has 0 aliphatic carbocycles. The summed E-state index contributed by atoms with van der Waals surface area (Å²) in [7, 11) is 0. The van der Waals surface area contributed by atoms with Crippen LogP contribution in [0.5, 0.6) is 0 Å². The zero-order valence-corrected chi connectivity index (χ0v) is 7.07. The van der Waals surface area contributed by atoms with Crippen molar-refractivity contribution in [3.8, 4) is 0 Å². The lowest BCUT2D eigenvalue weighted by Crippen LogP contribution is -2.22. The number of rotatable bonds is 0. The summed E-state index contributed by atoms with van der Waals surface area (Å²) in [5.74, 6) is 1.08. The Morgan fingerprint density at radius 2 is 2.50 bits per heavy atom. The van der Waals surface area contributed by atoms with Crippen molar-refractivity contribution in [1.29, 1.82) is 0 Å². The normalized spacial score (nSPS) is 16.9. The van der Waals surface area contributed by atoms with Crippen LogP contribution in [-0.2, 0) is 13.0 Å². The lowest BCUT2D eigenvalue weighted by atomic mass is 10.1. The Kier molecular flexibility index (Phi) is 1.54. The number of hydrogen-bond acceptors (Lipinski definition) is 2. The summed E-state index contributed by atoms with van der Waals surface area (Å²) in [6.45, 7) is 1.94. The Morgan fingerprint density at radius 3 is 3.30 bits per heavy atom. The number of nitrogens with one attached hydrogen (secondary N) is 1. The van der Waals surface area contributed by atoms with Gasteiger partial charge >= 0.3 is 0 Å². The number of furan rings is 1. The van der Waals surface area contributed by atoms with Crippen LogP contribution in [0.25, 0.3) is 0 Å². The molecule has 3 heteroatoms. The average Bonchev–Trinajstić information content (AvgIpc) is 2.34. The molecule has 0 amide bonds. The molecule has 0 fully saturated rings. The zero-order valence-electron chi connectivity index (χ0n) is 5.48. The van der Waals surface area contributed by atoms with Crippen molar-refractivity contribution < 1.29 is 4.42 Å². The van der Waals surface area contributed by atoms with Crippen molar-refractivity contribution in [2.75, 3.05) is 6.54 Å². The van der Waals surface area contributed by atoms with E-state index < -0.39 is 0 Å². The van der Waals surface area contributed by atoms with Gasteiger partial charge in [0.15, 0.2) is 0 Å². The minimum atomic E-state index is 0.876. The second-order valence-electron chi connectivity index (χ2n) is 2.41. The zero-order chi connectivity index (χ0) is 6.97. The third kappa shape index (κ3) is 0.896. The minimum Gasteiger partial charge on any atom is -0.466 e. The Balaban J connectivity index is 2.45. The van der Waals surface area contributed by atoms with Gasteiger partial charge in [0.25, 0.3) is 0 Å². The van der Waals surface area contributed by atoms with Gasteiger partial charge in [0.2, 0.25) is 0 Å². The molecule has 1 aromatic heterocycles. The largest absolute Gasteiger partial charge is 0.466 e. The first kappa shape index (κ1) is 6.43. The molecule has 0 saturated heterocycles. The third-order valence-corrected chi connectivity index (χ3v) is 2.43. The molecule has 0 saturated carbocycles. The van der Waals surface area contributed by atoms with Gasteiger partial charge in [0, 0.05) is 5.56 Å². The van der Waals surface area contributed by atoms with Gasteiger partial charge in [-0.25, -0.2) is 0 Å². The van der Waals surface area contributed by atoms with Gasteiger partial charge in [-0.2, -0.15) is 0 Å². The first-order chi connectivity index (χ1) is 4.88. The van der Waals surface area contributed by atoms with Crippen LogP contribution in [0.3, 0.4) is 0 Å². The summed E-state index contributed by atoms with van der Waals surface area (Å²) in [5, 5.41) is 3.24. The highest BCUT2D eigenvalue weighted by atomic mass is 79.9. The molecule has 1 aliphatic heterocycles. The molecule has 2 rings (SSSR count). The topological polar surface area (TPSA) is 25.2 Å². The van der Waals surface area contributed by atoms with Crippen molar-refractivity contribution in [1.82, 2.24) is 5.32 Å². The van der Waals surface area contributed by atoms with E-state index in [0.29, 0.717) is 0 Å². The quantitative estimate of drug-likeness (QED) is 0.692. The van der Waals surface area contributed by atoms with Gasteiger partial charge in [-0.05, 0) is 28.9 Å². The maximum atomic E-state index is 5.28. The molecule has 0 bridgehead atoms. The van der Waals surface area contributed by atoms with Crippen molar-refractivity contribution >= 4 is 15.9 Å². The Labute approximate surface area is 67.7 Å². The molecule has 1 N–H and O–H groups in total. The molecular formula is C7H8BrNO. The van der Waals surface area contributed by atoms with Crippen molar-refractivity contribution in [2.45, 2.75) is 13.0 Å². The highest BCUT2D eigenvalue weighted by Gasteiger charge is 2.14. The Hall–Kier alpha value is -0.280. The van der Waals surface area contributed by atoms with Gasteiger partial charge in [-0.3, -0.25) is 0 Å². The fourth-order valence-corrected chi connectivity index (χ4v) is 1.73. The highest BCUT2D eigenvalue weighted by Crippen LogP contribution is 2.24. The van der Waals surface area contributed by atoms with E-state index in [4.69, 9.17) is 4.42 Å². The number of halogens is 1. The summed E-state index contributed by atoms with van der Waals surface area (Å²) in [5.41, 5.74) is 1.33. The standard InChI is InChI=1S/C7H8BrNO/c8-6-4-10-7-3-9-2-1-5(6)7/h4,9H,1-3H2. The molecular weight excluding hydrogens is 194 g/mol. The fraction of sp³-hybridized carbons (Fsp3) is 0.429. The SMILES string of the molecule is Brc1coc2c1CCNC2. The van der Waals surface area contributed by atoms with E-state index in [-0.39, 0.29) is 0 Å². The van der Waals surface area contributed by atoms with Crippen LogP contribution in [0, 0.1) is 0 Å². The lowest BCUT2D eigenvalue weighted by Gasteiger charge is -2.10. The Bertz CT molecular complexity index is 244. The summed E-state index contributed by atoms with van der Waals surface area (Å²) in [6.07, 6.45) is 2.84. The second-order valence-corrected chi connectivity index (χ2v) is 3.27. The maximum Gasteiger partial charge on any atom is 0.121 e. The van der Waals surface area contributed by atoms with E-state index in [1.807, 2.05) is 0 Å². The van der Waals surface area contributed by atoms with Crippen LogP contribution in [0.15, 0.2) is 15.2 Å². The van der Waals surface area contributed by atoms with E-state index in [1.54, 1.807) is 6.26 Å². The molecule has 1 aromatic rings. The first-order valence-electron chi connectivity index (χ1n) is 3.33. The van der Waals surface area contributed by atoms with E-state index in [9.17, 15) is 0 Å². The molecule has 2 heterocycles. The fourth-order valence-electron chi connectivity index (χ4n) is 1.22. The minimum absolute atomic E-state index is 0.876.